The van der Waals surface area contributed by atoms with Crippen LogP contribution in [0.2, 0.25) is 0 Å². The summed E-state index contributed by atoms with van der Waals surface area (Å²) in [6, 6.07) is 23.7. The minimum atomic E-state index is -0.140. The molecule has 1 amide bonds. The zero-order valence-corrected chi connectivity index (χ0v) is 14.0. The molecule has 1 aromatic heterocycles. The Morgan fingerprint density at radius 2 is 1.56 bits per heavy atom. The summed E-state index contributed by atoms with van der Waals surface area (Å²) in [5.74, 6) is -0.140. The fourth-order valence-corrected chi connectivity index (χ4v) is 2.52. The Morgan fingerprint density at radius 1 is 0.840 bits per heavy atom. The number of benzene rings is 2. The summed E-state index contributed by atoms with van der Waals surface area (Å²) >= 11 is 0. The van der Waals surface area contributed by atoms with Crippen LogP contribution in [0.25, 0.3) is 0 Å². The Balaban J connectivity index is 1.46. The van der Waals surface area contributed by atoms with Gasteiger partial charge in [-0.15, -0.1) is 0 Å². The zero-order chi connectivity index (χ0) is 17.3. The Labute approximate surface area is 147 Å². The highest BCUT2D eigenvalue weighted by Crippen LogP contribution is 2.15. The SMILES string of the molecule is O=C(NCCCc1ccccc1)c1ccc(Nc2ccccc2)cn1. The monoisotopic (exact) mass is 331 g/mol. The van der Waals surface area contributed by atoms with Crippen LogP contribution in [-0.2, 0) is 6.42 Å². The highest BCUT2D eigenvalue weighted by Gasteiger charge is 2.06. The molecule has 0 fully saturated rings. The molecule has 0 bridgehead atoms. The van der Waals surface area contributed by atoms with Crippen LogP contribution in [0.1, 0.15) is 22.5 Å². The predicted octanol–water partition coefficient (Wildman–Crippen LogP) is 4.19. The number of nitrogens with zero attached hydrogens (tertiary/aromatic N) is 1. The number of aryl methyl sites for hydroxylation is 1. The number of amides is 1. The van der Waals surface area contributed by atoms with Gasteiger partial charge in [0.1, 0.15) is 5.69 Å². The molecule has 0 aliphatic heterocycles. The topological polar surface area (TPSA) is 54.0 Å². The number of anilines is 2. The summed E-state index contributed by atoms with van der Waals surface area (Å²) in [6.45, 7) is 0.638. The normalized spacial score (nSPS) is 10.2. The Morgan fingerprint density at radius 3 is 2.24 bits per heavy atom. The molecule has 4 nitrogen and oxygen atoms in total. The van der Waals surface area contributed by atoms with Crippen LogP contribution in [0.4, 0.5) is 11.4 Å². The zero-order valence-electron chi connectivity index (χ0n) is 14.0. The maximum absolute atomic E-state index is 12.1. The minimum absolute atomic E-state index is 0.140. The van der Waals surface area contributed by atoms with Crippen molar-refractivity contribution in [1.29, 1.82) is 0 Å². The van der Waals surface area contributed by atoms with Crippen molar-refractivity contribution in [2.45, 2.75) is 12.8 Å². The van der Waals surface area contributed by atoms with Gasteiger partial charge in [0.25, 0.3) is 5.91 Å². The van der Waals surface area contributed by atoms with Gasteiger partial charge >= 0.3 is 0 Å². The number of rotatable bonds is 7. The van der Waals surface area contributed by atoms with Crippen LogP contribution in [0.3, 0.4) is 0 Å². The third kappa shape index (κ3) is 5.18. The number of nitrogens with one attached hydrogen (secondary N) is 2. The average molecular weight is 331 g/mol. The number of para-hydroxylation sites is 1. The summed E-state index contributed by atoms with van der Waals surface area (Å²) in [6.07, 6.45) is 3.53. The van der Waals surface area contributed by atoms with Crippen molar-refractivity contribution < 1.29 is 4.79 Å². The molecule has 25 heavy (non-hydrogen) atoms. The van der Waals surface area contributed by atoms with E-state index in [2.05, 4.69) is 27.8 Å². The number of aromatic nitrogens is 1. The predicted molar refractivity (Wildman–Crippen MR) is 101 cm³/mol. The van der Waals surface area contributed by atoms with Gasteiger partial charge in [-0.05, 0) is 42.7 Å². The molecular formula is C21H21N3O. The second-order valence-corrected chi connectivity index (χ2v) is 5.77. The minimum Gasteiger partial charge on any atom is -0.354 e. The lowest BCUT2D eigenvalue weighted by Gasteiger charge is -2.07. The van der Waals surface area contributed by atoms with Gasteiger partial charge in [-0.3, -0.25) is 4.79 Å². The molecular weight excluding hydrogens is 310 g/mol. The molecule has 0 saturated heterocycles. The maximum Gasteiger partial charge on any atom is 0.269 e. The second kappa shape index (κ2) is 8.64. The van der Waals surface area contributed by atoms with Gasteiger partial charge in [0, 0.05) is 12.2 Å². The van der Waals surface area contributed by atoms with Gasteiger partial charge < -0.3 is 10.6 Å². The third-order valence-electron chi connectivity index (χ3n) is 3.83. The van der Waals surface area contributed by atoms with Crippen molar-refractivity contribution in [3.8, 4) is 0 Å². The van der Waals surface area contributed by atoms with Gasteiger partial charge in [-0.25, -0.2) is 4.98 Å². The first-order chi connectivity index (χ1) is 12.3. The lowest BCUT2D eigenvalue weighted by molar-refractivity contribution is 0.0948. The molecule has 0 aliphatic carbocycles. The lowest BCUT2D eigenvalue weighted by atomic mass is 10.1. The molecule has 0 atom stereocenters. The van der Waals surface area contributed by atoms with Gasteiger partial charge in [0.2, 0.25) is 0 Å². The highest BCUT2D eigenvalue weighted by atomic mass is 16.1. The molecule has 3 aromatic rings. The van der Waals surface area contributed by atoms with Crippen molar-refractivity contribution in [2.75, 3.05) is 11.9 Å². The van der Waals surface area contributed by atoms with Crippen LogP contribution in [0.15, 0.2) is 79.0 Å². The fraction of sp³-hybridized carbons (Fsp3) is 0.143. The molecule has 0 aliphatic rings. The summed E-state index contributed by atoms with van der Waals surface area (Å²) in [5, 5.41) is 6.16. The van der Waals surface area contributed by atoms with E-state index in [9.17, 15) is 4.79 Å². The van der Waals surface area contributed by atoms with Crippen LogP contribution >= 0.6 is 0 Å². The molecule has 0 saturated carbocycles. The highest BCUT2D eigenvalue weighted by molar-refractivity contribution is 5.92. The van der Waals surface area contributed by atoms with E-state index in [0.717, 1.165) is 24.2 Å². The standard InChI is InChI=1S/C21H21N3O/c25-21(22-15-7-10-17-8-3-1-4-9-17)20-14-13-19(16-23-20)24-18-11-5-2-6-12-18/h1-6,8-9,11-14,16,24H,7,10,15H2,(H,22,25). The fourth-order valence-electron chi connectivity index (χ4n) is 2.52. The largest absolute Gasteiger partial charge is 0.354 e. The maximum atomic E-state index is 12.1. The van der Waals surface area contributed by atoms with Gasteiger partial charge in [0.05, 0.1) is 11.9 Å². The lowest BCUT2D eigenvalue weighted by Crippen LogP contribution is -2.25. The molecule has 4 heteroatoms. The van der Waals surface area contributed by atoms with Gasteiger partial charge in [0.15, 0.2) is 0 Å². The number of hydrogen-bond donors (Lipinski definition) is 2. The number of pyridine rings is 1. The van der Waals surface area contributed by atoms with E-state index < -0.39 is 0 Å². The molecule has 1 heterocycles. The molecule has 0 unspecified atom stereocenters. The number of carbonyl (C=O) groups is 1. The van der Waals surface area contributed by atoms with Crippen molar-refractivity contribution in [1.82, 2.24) is 10.3 Å². The molecule has 0 radical (unpaired) electrons. The smallest absolute Gasteiger partial charge is 0.269 e. The Kier molecular flexibility index (Phi) is 5.77. The number of hydrogen-bond acceptors (Lipinski definition) is 3. The van der Waals surface area contributed by atoms with E-state index in [0.29, 0.717) is 12.2 Å². The van der Waals surface area contributed by atoms with Crippen molar-refractivity contribution in [2.24, 2.45) is 0 Å². The average Bonchev–Trinajstić information content (AvgIpc) is 2.67. The first-order valence-electron chi connectivity index (χ1n) is 8.41. The summed E-state index contributed by atoms with van der Waals surface area (Å²) < 4.78 is 0. The van der Waals surface area contributed by atoms with E-state index >= 15 is 0 Å². The molecule has 2 aromatic carbocycles. The molecule has 0 spiro atoms. The van der Waals surface area contributed by atoms with E-state index in [4.69, 9.17) is 0 Å². The third-order valence-corrected chi connectivity index (χ3v) is 3.83. The van der Waals surface area contributed by atoms with Crippen molar-refractivity contribution in [3.63, 3.8) is 0 Å². The van der Waals surface area contributed by atoms with E-state index in [-0.39, 0.29) is 5.91 Å². The quantitative estimate of drug-likeness (QED) is 0.638. The van der Waals surface area contributed by atoms with Crippen molar-refractivity contribution >= 4 is 17.3 Å². The van der Waals surface area contributed by atoms with Gasteiger partial charge in [-0.2, -0.15) is 0 Å². The van der Waals surface area contributed by atoms with Crippen LogP contribution in [0.5, 0.6) is 0 Å². The first kappa shape index (κ1) is 16.7. The molecule has 126 valence electrons. The summed E-state index contributed by atoms with van der Waals surface area (Å²) in [7, 11) is 0. The van der Waals surface area contributed by atoms with Gasteiger partial charge in [-0.1, -0.05) is 48.5 Å². The first-order valence-corrected chi connectivity index (χ1v) is 8.41. The Hall–Kier alpha value is -3.14. The number of carbonyl (C=O) groups excluding carboxylic acids is 1. The van der Waals surface area contributed by atoms with E-state index in [1.807, 2.05) is 54.6 Å². The van der Waals surface area contributed by atoms with E-state index in [1.165, 1.54) is 5.56 Å². The summed E-state index contributed by atoms with van der Waals surface area (Å²) in [5.41, 5.74) is 3.55. The van der Waals surface area contributed by atoms with Crippen LogP contribution < -0.4 is 10.6 Å². The van der Waals surface area contributed by atoms with E-state index in [1.54, 1.807) is 12.3 Å². The van der Waals surface area contributed by atoms with Crippen LogP contribution in [-0.4, -0.2) is 17.4 Å². The summed E-state index contributed by atoms with van der Waals surface area (Å²) in [4.78, 5) is 16.4. The molecule has 2 N–H and O–H groups in total. The Bertz CT molecular complexity index is 786. The molecule has 3 rings (SSSR count). The second-order valence-electron chi connectivity index (χ2n) is 5.77. The van der Waals surface area contributed by atoms with Crippen molar-refractivity contribution in [3.05, 3.63) is 90.3 Å². The van der Waals surface area contributed by atoms with Crippen LogP contribution in [0, 0.1) is 0 Å².